The third-order valence-corrected chi connectivity index (χ3v) is 7.49. The van der Waals surface area contributed by atoms with Crippen LogP contribution >= 0.6 is 7.82 Å². The maximum atomic E-state index is 14.1. The van der Waals surface area contributed by atoms with Gasteiger partial charge in [-0.1, -0.05) is 43.2 Å². The molecular formula is C29H26F6NO6P. The van der Waals surface area contributed by atoms with Crippen molar-refractivity contribution >= 4 is 19.5 Å². The van der Waals surface area contributed by atoms with E-state index in [-0.39, 0.29) is 41.7 Å². The number of hydrogen-bond acceptors (Lipinski definition) is 4. The first kappa shape index (κ1) is 32.2. The average Bonchev–Trinajstić information content (AvgIpc) is 3.08. The lowest BCUT2D eigenvalue weighted by atomic mass is 9.85. The maximum absolute atomic E-state index is 14.1. The van der Waals surface area contributed by atoms with Crippen molar-refractivity contribution in [2.75, 3.05) is 0 Å². The Balaban J connectivity index is 1.61. The third-order valence-electron chi connectivity index (χ3n) is 7.04. The lowest BCUT2D eigenvalue weighted by molar-refractivity contribution is -0.142. The van der Waals surface area contributed by atoms with Gasteiger partial charge in [0.05, 0.1) is 17.2 Å². The van der Waals surface area contributed by atoms with Crippen molar-refractivity contribution in [3.8, 4) is 16.9 Å². The highest BCUT2D eigenvalue weighted by Gasteiger charge is 2.42. The summed E-state index contributed by atoms with van der Waals surface area (Å²) in [6.07, 6.45) is -9.24. The van der Waals surface area contributed by atoms with Crippen LogP contribution in [0.5, 0.6) is 5.75 Å². The van der Waals surface area contributed by atoms with Crippen molar-refractivity contribution < 1.29 is 54.8 Å². The summed E-state index contributed by atoms with van der Waals surface area (Å²) in [5.74, 6) is -2.36. The van der Waals surface area contributed by atoms with E-state index in [1.54, 1.807) is 0 Å². The van der Waals surface area contributed by atoms with Gasteiger partial charge < -0.3 is 9.84 Å². The molecule has 0 radical (unpaired) electrons. The Morgan fingerprint density at radius 1 is 0.884 bits per heavy atom. The van der Waals surface area contributed by atoms with Crippen LogP contribution in [-0.2, 0) is 28.1 Å². The molecule has 3 aromatic carbocycles. The van der Waals surface area contributed by atoms with Gasteiger partial charge in [0.25, 0.3) is 5.91 Å². The van der Waals surface area contributed by atoms with Crippen molar-refractivity contribution in [2.24, 2.45) is 5.92 Å². The van der Waals surface area contributed by atoms with E-state index in [9.17, 15) is 40.5 Å². The third kappa shape index (κ3) is 8.25. The van der Waals surface area contributed by atoms with Crippen LogP contribution in [0.4, 0.5) is 26.3 Å². The smallest absolute Gasteiger partial charge is 0.404 e. The second-order valence-corrected chi connectivity index (χ2v) is 11.3. The summed E-state index contributed by atoms with van der Waals surface area (Å²) in [5.41, 5.74) is -4.42. The minimum atomic E-state index is -5.11. The number of Topliss-reactive ketones (excluding diaryl/α,β-unsaturated/α-hetero) is 1. The quantitative estimate of drug-likeness (QED) is 0.148. The second kappa shape index (κ2) is 12.5. The minimum Gasteiger partial charge on any atom is -0.404 e. The van der Waals surface area contributed by atoms with E-state index in [0.29, 0.717) is 25.0 Å². The van der Waals surface area contributed by atoms with E-state index >= 15 is 0 Å². The lowest BCUT2D eigenvalue weighted by Gasteiger charge is -2.23. The molecular weight excluding hydrogens is 603 g/mol. The van der Waals surface area contributed by atoms with Crippen LogP contribution in [-0.4, -0.2) is 27.5 Å². The van der Waals surface area contributed by atoms with Crippen LogP contribution in [0.2, 0.25) is 0 Å². The van der Waals surface area contributed by atoms with Gasteiger partial charge in [0, 0.05) is 17.0 Å². The molecule has 0 heterocycles. The highest BCUT2D eigenvalue weighted by atomic mass is 31.2. The average molecular weight is 629 g/mol. The molecule has 0 saturated heterocycles. The predicted molar refractivity (Wildman–Crippen MR) is 143 cm³/mol. The highest BCUT2D eigenvalue weighted by Crippen LogP contribution is 2.46. The van der Waals surface area contributed by atoms with E-state index in [2.05, 4.69) is 9.84 Å². The van der Waals surface area contributed by atoms with Gasteiger partial charge >= 0.3 is 20.2 Å². The number of phosphoric ester groups is 1. The number of ketones is 1. The molecule has 0 spiro atoms. The molecule has 0 aromatic heterocycles. The Labute approximate surface area is 242 Å². The van der Waals surface area contributed by atoms with Gasteiger partial charge in [-0.2, -0.15) is 26.3 Å². The monoisotopic (exact) mass is 629 g/mol. The molecule has 1 amide bonds. The number of halogens is 6. The van der Waals surface area contributed by atoms with Crippen LogP contribution in [0.3, 0.4) is 0 Å². The summed E-state index contributed by atoms with van der Waals surface area (Å²) in [4.78, 5) is 44.0. The molecule has 1 aliphatic rings. The Hall–Kier alpha value is -3.67. The van der Waals surface area contributed by atoms with Crippen LogP contribution in [0.1, 0.15) is 52.7 Å². The maximum Gasteiger partial charge on any atom is 0.524 e. The summed E-state index contributed by atoms with van der Waals surface area (Å²) >= 11 is 0. The summed E-state index contributed by atoms with van der Waals surface area (Å²) in [6.45, 7) is 0. The van der Waals surface area contributed by atoms with E-state index in [1.165, 1.54) is 42.5 Å². The second-order valence-electron chi connectivity index (χ2n) is 10.1. The molecule has 1 saturated carbocycles. The van der Waals surface area contributed by atoms with Crippen LogP contribution in [0.25, 0.3) is 11.1 Å². The van der Waals surface area contributed by atoms with Gasteiger partial charge in [0.1, 0.15) is 5.75 Å². The molecule has 2 unspecified atom stereocenters. The zero-order chi connectivity index (χ0) is 31.6. The fraction of sp³-hybridized carbons (Fsp3) is 0.310. The molecule has 7 nitrogen and oxygen atoms in total. The summed E-state index contributed by atoms with van der Waals surface area (Å²) in [6, 6.07) is 11.5. The minimum absolute atomic E-state index is 0.0350. The van der Waals surface area contributed by atoms with E-state index < -0.39 is 60.5 Å². The number of rotatable bonds is 7. The molecule has 2 atom stereocenters. The van der Waals surface area contributed by atoms with E-state index in [1.807, 2.05) is 0 Å². The van der Waals surface area contributed by atoms with Gasteiger partial charge in [-0.05, 0) is 66.8 Å². The summed E-state index contributed by atoms with van der Waals surface area (Å²) in [7, 11) is -4.82. The number of nitrogens with one attached hydrogen (secondary N) is 1. The normalized spacial score (nSPS) is 18.2. The van der Waals surface area contributed by atoms with Crippen molar-refractivity contribution in [1.29, 1.82) is 0 Å². The Kier molecular flexibility index (Phi) is 9.39. The van der Waals surface area contributed by atoms with Crippen molar-refractivity contribution in [1.82, 2.24) is 5.32 Å². The Morgan fingerprint density at radius 2 is 1.44 bits per heavy atom. The standard InChI is InChI=1S/C29H26F6NO6P/c30-28(31,32)22-15-17(16-23(29(33,34)35)25(22)18-6-2-1-3-7-18)14-20-8-4-5-9-24(26(20)37)36-27(38)19-10-12-21(13-11-19)42-43(39,40)41/h1-3,6-7,10-13,15-16,20,24H,4-5,8-9,14H2,(H,36,38)(H2,39,40,41). The number of carbonyl (C=O) groups is 2. The zero-order valence-electron chi connectivity index (χ0n) is 22.3. The SMILES string of the molecule is O=C(NC1CCCCC(Cc2cc(C(F)(F)F)c(-c3ccccc3)c(C(F)(F)F)c2)C1=O)c1ccc(OP(=O)(O)O)cc1. The van der Waals surface area contributed by atoms with Crippen molar-refractivity contribution in [3.05, 3.63) is 89.0 Å². The first-order chi connectivity index (χ1) is 20.0. The molecule has 14 heteroatoms. The largest absolute Gasteiger partial charge is 0.524 e. The molecule has 3 N–H and O–H groups in total. The molecule has 0 aliphatic heterocycles. The van der Waals surface area contributed by atoms with Crippen LogP contribution in [0, 0.1) is 5.92 Å². The van der Waals surface area contributed by atoms with Crippen LogP contribution in [0.15, 0.2) is 66.7 Å². The van der Waals surface area contributed by atoms with Gasteiger partial charge in [-0.3, -0.25) is 19.4 Å². The fourth-order valence-electron chi connectivity index (χ4n) is 5.17. The van der Waals surface area contributed by atoms with Gasteiger partial charge in [0.15, 0.2) is 5.78 Å². The highest BCUT2D eigenvalue weighted by molar-refractivity contribution is 7.46. The number of amides is 1. The molecule has 43 heavy (non-hydrogen) atoms. The van der Waals surface area contributed by atoms with Crippen molar-refractivity contribution in [2.45, 2.75) is 50.5 Å². The van der Waals surface area contributed by atoms with Crippen LogP contribution < -0.4 is 9.84 Å². The number of carbonyl (C=O) groups excluding carboxylic acids is 2. The fourth-order valence-corrected chi connectivity index (χ4v) is 5.56. The number of hydrogen-bond donors (Lipinski definition) is 3. The van der Waals surface area contributed by atoms with Gasteiger partial charge in [0.2, 0.25) is 0 Å². The van der Waals surface area contributed by atoms with E-state index in [4.69, 9.17) is 9.79 Å². The molecule has 230 valence electrons. The number of phosphoric acid groups is 1. The zero-order valence-corrected chi connectivity index (χ0v) is 23.2. The van der Waals surface area contributed by atoms with Crippen molar-refractivity contribution in [3.63, 3.8) is 0 Å². The molecule has 0 bridgehead atoms. The first-order valence-electron chi connectivity index (χ1n) is 13.1. The first-order valence-corrected chi connectivity index (χ1v) is 14.6. The summed E-state index contributed by atoms with van der Waals surface area (Å²) in [5, 5.41) is 2.57. The Bertz CT molecular complexity index is 1480. The molecule has 1 aliphatic carbocycles. The van der Waals surface area contributed by atoms with Gasteiger partial charge in [-0.25, -0.2) is 4.57 Å². The van der Waals surface area contributed by atoms with E-state index in [0.717, 1.165) is 12.1 Å². The lowest BCUT2D eigenvalue weighted by Crippen LogP contribution is -2.43. The molecule has 4 rings (SSSR count). The molecule has 3 aromatic rings. The topological polar surface area (TPSA) is 113 Å². The van der Waals surface area contributed by atoms with Gasteiger partial charge in [-0.15, -0.1) is 0 Å². The summed E-state index contributed by atoms with van der Waals surface area (Å²) < 4.78 is 100. The predicted octanol–water partition coefficient (Wildman–Crippen LogP) is 6.96. The number of alkyl halides is 6. The Morgan fingerprint density at radius 3 is 1.98 bits per heavy atom. The number of benzene rings is 3. The molecule has 1 fully saturated rings.